The molecule has 138 valence electrons. The topological polar surface area (TPSA) is 62.8 Å². The van der Waals surface area contributed by atoms with Crippen LogP contribution in [0.3, 0.4) is 0 Å². The van der Waals surface area contributed by atoms with Crippen molar-refractivity contribution in [2.24, 2.45) is 0 Å². The Kier molecular flexibility index (Phi) is 6.97. The van der Waals surface area contributed by atoms with Crippen molar-refractivity contribution >= 4 is 11.7 Å². The molecule has 0 spiro atoms. The SMILES string of the molecule is CC(=O)[C@@H](Cc1ccccc1)NC(=O)C[NH2+][C@@H](C)c1ccc(F)cc1F. The third-order valence-electron chi connectivity index (χ3n) is 4.22. The molecule has 26 heavy (non-hydrogen) atoms. The number of ketones is 1. The Hall–Kier alpha value is -2.60. The van der Waals surface area contributed by atoms with E-state index in [1.54, 1.807) is 12.2 Å². The van der Waals surface area contributed by atoms with Crippen LogP contribution in [-0.2, 0) is 16.0 Å². The smallest absolute Gasteiger partial charge is 0.275 e. The van der Waals surface area contributed by atoms with Gasteiger partial charge in [0.05, 0.1) is 6.04 Å². The molecule has 0 heterocycles. The van der Waals surface area contributed by atoms with E-state index < -0.39 is 17.7 Å². The zero-order valence-corrected chi connectivity index (χ0v) is 14.8. The minimum Gasteiger partial charge on any atom is -0.341 e. The highest BCUT2D eigenvalue weighted by Crippen LogP contribution is 2.14. The summed E-state index contributed by atoms with van der Waals surface area (Å²) in [4.78, 5) is 24.0. The summed E-state index contributed by atoms with van der Waals surface area (Å²) in [6.45, 7) is 3.21. The number of benzene rings is 2. The van der Waals surface area contributed by atoms with Crippen molar-refractivity contribution in [1.29, 1.82) is 0 Å². The number of Topliss-reactive ketones (excluding diaryl/α,β-unsaturated/α-hetero) is 1. The molecule has 0 aliphatic heterocycles. The first-order valence-electron chi connectivity index (χ1n) is 8.49. The van der Waals surface area contributed by atoms with Gasteiger partial charge in [0.2, 0.25) is 0 Å². The molecule has 2 aromatic carbocycles. The summed E-state index contributed by atoms with van der Waals surface area (Å²) in [6.07, 6.45) is 0.421. The maximum Gasteiger partial charge on any atom is 0.275 e. The third-order valence-corrected chi connectivity index (χ3v) is 4.22. The number of quaternary nitrogens is 1. The summed E-state index contributed by atoms with van der Waals surface area (Å²) < 4.78 is 26.8. The quantitative estimate of drug-likeness (QED) is 0.754. The number of nitrogens with one attached hydrogen (secondary N) is 1. The minimum absolute atomic E-state index is 0.0382. The average molecular weight is 361 g/mol. The van der Waals surface area contributed by atoms with E-state index in [1.807, 2.05) is 30.3 Å². The number of carbonyl (C=O) groups excluding carboxylic acids is 2. The van der Waals surface area contributed by atoms with Gasteiger partial charge in [0.25, 0.3) is 5.91 Å². The Morgan fingerprint density at radius 2 is 1.81 bits per heavy atom. The van der Waals surface area contributed by atoms with Crippen molar-refractivity contribution in [3.8, 4) is 0 Å². The molecule has 0 aliphatic rings. The van der Waals surface area contributed by atoms with Crippen LogP contribution in [0, 0.1) is 11.6 Å². The largest absolute Gasteiger partial charge is 0.341 e. The van der Waals surface area contributed by atoms with Gasteiger partial charge in [-0.2, -0.15) is 0 Å². The van der Waals surface area contributed by atoms with Crippen molar-refractivity contribution in [3.05, 3.63) is 71.3 Å². The number of amides is 1. The monoisotopic (exact) mass is 361 g/mol. The van der Waals surface area contributed by atoms with E-state index in [2.05, 4.69) is 5.32 Å². The predicted molar refractivity (Wildman–Crippen MR) is 94.3 cm³/mol. The van der Waals surface area contributed by atoms with E-state index in [0.29, 0.717) is 12.0 Å². The summed E-state index contributed by atoms with van der Waals surface area (Å²) in [5.41, 5.74) is 1.28. The van der Waals surface area contributed by atoms with Crippen molar-refractivity contribution in [2.45, 2.75) is 32.4 Å². The first-order chi connectivity index (χ1) is 12.4. The van der Waals surface area contributed by atoms with Gasteiger partial charge in [0.15, 0.2) is 12.3 Å². The fourth-order valence-electron chi connectivity index (χ4n) is 2.68. The van der Waals surface area contributed by atoms with Gasteiger partial charge in [-0.3, -0.25) is 9.59 Å². The summed E-state index contributed by atoms with van der Waals surface area (Å²) in [7, 11) is 0. The van der Waals surface area contributed by atoms with E-state index in [9.17, 15) is 18.4 Å². The molecule has 0 bridgehead atoms. The Bertz CT molecular complexity index is 766. The molecule has 2 aromatic rings. The fraction of sp³-hybridized carbons (Fsp3) is 0.300. The zero-order chi connectivity index (χ0) is 19.1. The van der Waals surface area contributed by atoms with E-state index in [4.69, 9.17) is 0 Å². The van der Waals surface area contributed by atoms with Crippen LogP contribution in [0.2, 0.25) is 0 Å². The molecule has 2 rings (SSSR count). The Morgan fingerprint density at radius 3 is 2.42 bits per heavy atom. The van der Waals surface area contributed by atoms with Gasteiger partial charge in [-0.1, -0.05) is 30.3 Å². The molecule has 0 radical (unpaired) electrons. The van der Waals surface area contributed by atoms with Crippen LogP contribution < -0.4 is 10.6 Å². The van der Waals surface area contributed by atoms with E-state index in [0.717, 1.165) is 11.6 Å². The summed E-state index contributed by atoms with van der Waals surface area (Å²) >= 11 is 0. The normalized spacial score (nSPS) is 13.1. The molecule has 0 aliphatic carbocycles. The van der Waals surface area contributed by atoms with Crippen molar-refractivity contribution < 1.29 is 23.7 Å². The molecule has 2 atom stereocenters. The number of halogens is 2. The lowest BCUT2D eigenvalue weighted by atomic mass is 10.0. The lowest BCUT2D eigenvalue weighted by molar-refractivity contribution is -0.682. The van der Waals surface area contributed by atoms with Gasteiger partial charge < -0.3 is 10.6 Å². The van der Waals surface area contributed by atoms with Crippen LogP contribution in [0.25, 0.3) is 0 Å². The number of nitrogens with two attached hydrogens (primary N) is 1. The molecule has 0 unspecified atom stereocenters. The molecule has 0 saturated carbocycles. The van der Waals surface area contributed by atoms with Crippen LogP contribution in [0.1, 0.15) is 31.0 Å². The maximum absolute atomic E-state index is 13.8. The van der Waals surface area contributed by atoms with Crippen molar-refractivity contribution in [1.82, 2.24) is 5.32 Å². The van der Waals surface area contributed by atoms with Crippen LogP contribution in [-0.4, -0.2) is 24.3 Å². The third kappa shape index (κ3) is 5.74. The second-order valence-electron chi connectivity index (χ2n) is 6.31. The van der Waals surface area contributed by atoms with Gasteiger partial charge in [-0.15, -0.1) is 0 Å². The lowest BCUT2D eigenvalue weighted by Crippen LogP contribution is -2.87. The first-order valence-corrected chi connectivity index (χ1v) is 8.49. The summed E-state index contributed by atoms with van der Waals surface area (Å²) in [6, 6.07) is 11.9. The second-order valence-corrected chi connectivity index (χ2v) is 6.31. The Labute approximate surface area is 151 Å². The van der Waals surface area contributed by atoms with E-state index >= 15 is 0 Å². The average Bonchev–Trinajstić information content (AvgIpc) is 2.60. The fourth-order valence-corrected chi connectivity index (χ4v) is 2.68. The van der Waals surface area contributed by atoms with Crippen LogP contribution in [0.5, 0.6) is 0 Å². The summed E-state index contributed by atoms with van der Waals surface area (Å²) in [5, 5.41) is 4.37. The van der Waals surface area contributed by atoms with E-state index in [-0.39, 0.29) is 24.3 Å². The van der Waals surface area contributed by atoms with Gasteiger partial charge >= 0.3 is 0 Å². The minimum atomic E-state index is -0.639. The molecule has 0 aromatic heterocycles. The molecule has 6 heteroatoms. The maximum atomic E-state index is 13.8. The molecule has 3 N–H and O–H groups in total. The number of hydrogen-bond acceptors (Lipinski definition) is 2. The number of rotatable bonds is 8. The summed E-state index contributed by atoms with van der Waals surface area (Å²) in [5.74, 6) is -1.71. The second kappa shape index (κ2) is 9.20. The lowest BCUT2D eigenvalue weighted by Gasteiger charge is -2.17. The van der Waals surface area contributed by atoms with Gasteiger partial charge in [-0.05, 0) is 38.0 Å². The van der Waals surface area contributed by atoms with Crippen molar-refractivity contribution in [2.75, 3.05) is 6.54 Å². The highest BCUT2D eigenvalue weighted by molar-refractivity contribution is 5.88. The standard InChI is InChI=1S/C20H22F2N2O2/c1-13(17-9-8-16(21)11-18(17)22)23-12-20(26)24-19(14(2)25)10-15-6-4-3-5-7-15/h3-9,11,13,19,23H,10,12H2,1-2H3,(H,24,26)/p+1/t13-,19+/m0/s1. The molecule has 0 fully saturated rings. The molecule has 1 amide bonds. The highest BCUT2D eigenvalue weighted by atomic mass is 19.1. The zero-order valence-electron chi connectivity index (χ0n) is 14.8. The molecule has 4 nitrogen and oxygen atoms in total. The number of hydrogen-bond donors (Lipinski definition) is 2. The predicted octanol–water partition coefficient (Wildman–Crippen LogP) is 1.91. The van der Waals surface area contributed by atoms with Crippen LogP contribution >= 0.6 is 0 Å². The van der Waals surface area contributed by atoms with Gasteiger partial charge in [0, 0.05) is 11.6 Å². The first kappa shape index (κ1) is 19.7. The van der Waals surface area contributed by atoms with Crippen LogP contribution in [0.4, 0.5) is 8.78 Å². The Balaban J connectivity index is 1.90. The molecular formula is C20H23F2N2O2+. The van der Waals surface area contributed by atoms with Gasteiger partial charge in [0.1, 0.15) is 17.7 Å². The van der Waals surface area contributed by atoms with Crippen LogP contribution in [0.15, 0.2) is 48.5 Å². The Morgan fingerprint density at radius 1 is 1.12 bits per heavy atom. The van der Waals surface area contributed by atoms with E-state index in [1.165, 1.54) is 19.1 Å². The number of carbonyl (C=O) groups is 2. The molecule has 0 saturated heterocycles. The molecular weight excluding hydrogens is 338 g/mol. The van der Waals surface area contributed by atoms with Crippen molar-refractivity contribution in [3.63, 3.8) is 0 Å². The highest BCUT2D eigenvalue weighted by Gasteiger charge is 2.20. The van der Waals surface area contributed by atoms with Gasteiger partial charge in [-0.25, -0.2) is 8.78 Å².